The van der Waals surface area contributed by atoms with E-state index in [9.17, 15) is 4.79 Å². The summed E-state index contributed by atoms with van der Waals surface area (Å²) in [5.74, 6) is 0.912. The van der Waals surface area contributed by atoms with E-state index in [1.54, 1.807) is 0 Å². The lowest BCUT2D eigenvalue weighted by molar-refractivity contribution is 0.0507. The van der Waals surface area contributed by atoms with Crippen LogP contribution in [0.4, 0.5) is 4.79 Å². The van der Waals surface area contributed by atoms with E-state index in [2.05, 4.69) is 29.4 Å². The van der Waals surface area contributed by atoms with Gasteiger partial charge >= 0.3 is 6.09 Å². The summed E-state index contributed by atoms with van der Waals surface area (Å²) in [5, 5.41) is 6.29. The molecule has 2 N–H and O–H groups in total. The molecule has 1 unspecified atom stereocenters. The molecule has 0 spiro atoms. The monoisotopic (exact) mass is 498 g/mol. The fourth-order valence-electron chi connectivity index (χ4n) is 2.67. The molecule has 0 saturated carbocycles. The van der Waals surface area contributed by atoms with Gasteiger partial charge in [0.25, 0.3) is 0 Å². The molecular formula is C19H39IN4O3. The fourth-order valence-corrected chi connectivity index (χ4v) is 2.67. The molecule has 1 aliphatic heterocycles. The van der Waals surface area contributed by atoms with Gasteiger partial charge in [-0.05, 0) is 47.0 Å². The van der Waals surface area contributed by atoms with Gasteiger partial charge < -0.3 is 25.0 Å². The first-order valence-electron chi connectivity index (χ1n) is 9.96. The summed E-state index contributed by atoms with van der Waals surface area (Å²) in [6, 6.07) is 0.0890. The van der Waals surface area contributed by atoms with Gasteiger partial charge in [0.1, 0.15) is 5.60 Å². The predicted octanol–water partition coefficient (Wildman–Crippen LogP) is 3.38. The lowest BCUT2D eigenvalue weighted by Gasteiger charge is -2.23. The summed E-state index contributed by atoms with van der Waals surface area (Å²) in [6.07, 6.45) is 3.74. The molecule has 0 aromatic heterocycles. The number of halogens is 1. The van der Waals surface area contributed by atoms with Gasteiger partial charge in [-0.2, -0.15) is 0 Å². The van der Waals surface area contributed by atoms with Crippen LogP contribution in [0.5, 0.6) is 0 Å². The van der Waals surface area contributed by atoms with Crippen LogP contribution in [0.25, 0.3) is 0 Å². The molecule has 0 aromatic rings. The Morgan fingerprint density at radius 1 is 1.22 bits per heavy atom. The number of rotatable bonds is 9. The molecule has 0 radical (unpaired) electrons. The minimum Gasteiger partial charge on any atom is -0.444 e. The first-order valence-corrected chi connectivity index (χ1v) is 9.96. The Kier molecular flexibility index (Phi) is 13.9. The zero-order chi connectivity index (χ0) is 19.4. The lowest BCUT2D eigenvalue weighted by atomic mass is 10.2. The van der Waals surface area contributed by atoms with Gasteiger partial charge in [-0.15, -0.1) is 24.0 Å². The number of guanidine groups is 1. The standard InChI is InChI=1S/C19H38N4O3.HI/c1-6-8-13-25-14-9-11-21-17(20-7-2)23-12-10-16(15-23)22-18(24)26-19(3,4)5;/h16H,6-15H2,1-5H3,(H,20,21)(H,22,24);1H. The number of amides is 1. The number of aliphatic imine (C=N–C) groups is 1. The van der Waals surface area contributed by atoms with Gasteiger partial charge in [-0.1, -0.05) is 13.3 Å². The van der Waals surface area contributed by atoms with E-state index in [1.165, 1.54) is 0 Å². The average molecular weight is 498 g/mol. The number of ether oxygens (including phenoxy) is 2. The quantitative estimate of drug-likeness (QED) is 0.221. The second-order valence-electron chi connectivity index (χ2n) is 7.63. The Morgan fingerprint density at radius 3 is 2.56 bits per heavy atom. The highest BCUT2D eigenvalue weighted by molar-refractivity contribution is 14.0. The lowest BCUT2D eigenvalue weighted by Crippen LogP contribution is -2.44. The third-order valence-electron chi connectivity index (χ3n) is 3.89. The summed E-state index contributed by atoms with van der Waals surface area (Å²) in [4.78, 5) is 18.8. The van der Waals surface area contributed by atoms with Crippen LogP contribution < -0.4 is 10.6 Å². The van der Waals surface area contributed by atoms with Gasteiger partial charge in [0.05, 0.1) is 6.04 Å². The first kappa shape index (κ1) is 26.2. The van der Waals surface area contributed by atoms with Gasteiger partial charge in [0.15, 0.2) is 5.96 Å². The van der Waals surface area contributed by atoms with E-state index in [1.807, 2.05) is 20.8 Å². The predicted molar refractivity (Wildman–Crippen MR) is 121 cm³/mol. The van der Waals surface area contributed by atoms with E-state index in [0.717, 1.165) is 71.0 Å². The van der Waals surface area contributed by atoms with E-state index in [4.69, 9.17) is 14.5 Å². The smallest absolute Gasteiger partial charge is 0.407 e. The van der Waals surface area contributed by atoms with Crippen molar-refractivity contribution in [3.8, 4) is 0 Å². The normalized spacial score (nSPS) is 17.4. The van der Waals surface area contributed by atoms with Crippen molar-refractivity contribution in [2.45, 2.75) is 71.9 Å². The number of unbranched alkanes of at least 4 members (excludes halogenated alkanes) is 1. The Bertz CT molecular complexity index is 441. The molecule has 1 rings (SSSR count). The molecule has 1 atom stereocenters. The fraction of sp³-hybridized carbons (Fsp3) is 0.895. The Balaban J connectivity index is 0.00000676. The van der Waals surface area contributed by atoms with E-state index in [0.29, 0.717) is 0 Å². The summed E-state index contributed by atoms with van der Waals surface area (Å²) in [6.45, 7) is 14.6. The highest BCUT2D eigenvalue weighted by Gasteiger charge is 2.27. The van der Waals surface area contributed by atoms with Crippen LogP contribution in [-0.4, -0.2) is 68.0 Å². The number of alkyl carbamates (subject to hydrolysis) is 1. The number of nitrogens with one attached hydrogen (secondary N) is 2. The number of hydrogen-bond donors (Lipinski definition) is 2. The third kappa shape index (κ3) is 12.3. The van der Waals surface area contributed by atoms with Crippen LogP contribution in [-0.2, 0) is 9.47 Å². The number of nitrogens with zero attached hydrogens (tertiary/aromatic N) is 2. The van der Waals surface area contributed by atoms with Crippen molar-refractivity contribution < 1.29 is 14.3 Å². The highest BCUT2D eigenvalue weighted by atomic mass is 127. The van der Waals surface area contributed by atoms with Crippen molar-refractivity contribution in [2.75, 3.05) is 39.4 Å². The minimum atomic E-state index is -0.474. The molecule has 1 amide bonds. The van der Waals surface area contributed by atoms with Crippen LogP contribution in [0.15, 0.2) is 4.99 Å². The van der Waals surface area contributed by atoms with Gasteiger partial charge in [-0.25, -0.2) is 4.79 Å². The Morgan fingerprint density at radius 2 is 1.93 bits per heavy atom. The van der Waals surface area contributed by atoms with Gasteiger partial charge in [-0.3, -0.25) is 4.99 Å². The average Bonchev–Trinajstić information content (AvgIpc) is 2.99. The van der Waals surface area contributed by atoms with Crippen LogP contribution in [0, 0.1) is 0 Å². The topological polar surface area (TPSA) is 75.2 Å². The second-order valence-corrected chi connectivity index (χ2v) is 7.63. The van der Waals surface area contributed by atoms with Crippen LogP contribution in [0.1, 0.15) is 60.3 Å². The highest BCUT2D eigenvalue weighted by Crippen LogP contribution is 2.12. The van der Waals surface area contributed by atoms with Crippen molar-refractivity contribution in [1.82, 2.24) is 15.5 Å². The molecule has 1 aliphatic rings. The maximum Gasteiger partial charge on any atom is 0.407 e. The molecule has 0 aliphatic carbocycles. The third-order valence-corrected chi connectivity index (χ3v) is 3.89. The molecule has 27 heavy (non-hydrogen) atoms. The number of carbonyl (C=O) groups is 1. The zero-order valence-electron chi connectivity index (χ0n) is 17.7. The molecule has 1 heterocycles. The van der Waals surface area contributed by atoms with Crippen molar-refractivity contribution in [1.29, 1.82) is 0 Å². The Hall–Kier alpha value is -0.770. The number of hydrogen-bond acceptors (Lipinski definition) is 4. The summed E-state index contributed by atoms with van der Waals surface area (Å²) >= 11 is 0. The van der Waals surface area contributed by atoms with E-state index < -0.39 is 5.60 Å². The molecule has 1 saturated heterocycles. The minimum absolute atomic E-state index is 0. The SMILES string of the molecule is CCCCOCCCN=C(NCC)N1CCC(NC(=O)OC(C)(C)C)C1.I. The second kappa shape index (κ2) is 14.3. The Labute approximate surface area is 182 Å². The van der Waals surface area contributed by atoms with Gasteiger partial charge in [0.2, 0.25) is 0 Å². The molecule has 7 nitrogen and oxygen atoms in total. The van der Waals surface area contributed by atoms with Crippen molar-refractivity contribution in [3.63, 3.8) is 0 Å². The van der Waals surface area contributed by atoms with Crippen molar-refractivity contribution in [2.24, 2.45) is 4.99 Å². The maximum atomic E-state index is 11.9. The molecule has 1 fully saturated rings. The molecule has 0 bridgehead atoms. The van der Waals surface area contributed by atoms with Crippen molar-refractivity contribution >= 4 is 36.0 Å². The molecule has 8 heteroatoms. The van der Waals surface area contributed by atoms with E-state index >= 15 is 0 Å². The van der Waals surface area contributed by atoms with E-state index in [-0.39, 0.29) is 36.1 Å². The molecular weight excluding hydrogens is 459 g/mol. The van der Waals surface area contributed by atoms with Crippen LogP contribution in [0.3, 0.4) is 0 Å². The largest absolute Gasteiger partial charge is 0.444 e. The van der Waals surface area contributed by atoms with Crippen LogP contribution >= 0.6 is 24.0 Å². The maximum absolute atomic E-state index is 11.9. The molecule has 160 valence electrons. The number of likely N-dealkylation sites (tertiary alicyclic amines) is 1. The van der Waals surface area contributed by atoms with Crippen molar-refractivity contribution in [3.05, 3.63) is 0 Å². The molecule has 0 aromatic carbocycles. The van der Waals surface area contributed by atoms with Crippen LogP contribution in [0.2, 0.25) is 0 Å². The zero-order valence-corrected chi connectivity index (χ0v) is 20.0. The summed E-state index contributed by atoms with van der Waals surface area (Å²) < 4.78 is 10.9. The number of carbonyl (C=O) groups excluding carboxylic acids is 1. The first-order chi connectivity index (χ1) is 12.4. The van der Waals surface area contributed by atoms with Gasteiger partial charge in [0, 0.05) is 39.4 Å². The summed E-state index contributed by atoms with van der Waals surface area (Å²) in [5.41, 5.74) is -0.474. The summed E-state index contributed by atoms with van der Waals surface area (Å²) in [7, 11) is 0.